The van der Waals surface area contributed by atoms with Crippen molar-refractivity contribution in [3.05, 3.63) is 11.9 Å². The van der Waals surface area contributed by atoms with Crippen LogP contribution in [0, 0.1) is 0 Å². The van der Waals surface area contributed by atoms with Crippen LogP contribution in [0.2, 0.25) is 0 Å². The summed E-state index contributed by atoms with van der Waals surface area (Å²) in [6.45, 7) is 4.50. The highest BCUT2D eigenvalue weighted by Crippen LogP contribution is 2.17. The van der Waals surface area contributed by atoms with E-state index in [-0.39, 0.29) is 0 Å². The van der Waals surface area contributed by atoms with Gasteiger partial charge in [0.1, 0.15) is 18.2 Å². The minimum Gasteiger partial charge on any atom is -0.377 e. The highest BCUT2D eigenvalue weighted by molar-refractivity contribution is 5.49. The van der Waals surface area contributed by atoms with Gasteiger partial charge in [0.25, 0.3) is 0 Å². The summed E-state index contributed by atoms with van der Waals surface area (Å²) < 4.78 is 5.09. The second-order valence-corrected chi connectivity index (χ2v) is 4.75. The van der Waals surface area contributed by atoms with E-state index in [1.807, 2.05) is 6.07 Å². The number of nitrogens with two attached hydrogens (primary N) is 1. The summed E-state index contributed by atoms with van der Waals surface area (Å²) in [4.78, 5) is 13.4. The number of rotatable bonds is 4. The Morgan fingerprint density at radius 2 is 2.16 bits per heavy atom. The molecule has 1 fully saturated rings. The van der Waals surface area contributed by atoms with Crippen LogP contribution in [0.3, 0.4) is 0 Å². The fourth-order valence-corrected chi connectivity index (χ4v) is 2.19. The molecule has 3 N–H and O–H groups in total. The number of nitrogens with one attached hydrogen (secondary N) is 1. The van der Waals surface area contributed by atoms with Crippen molar-refractivity contribution in [2.24, 2.45) is 5.84 Å². The molecule has 0 aliphatic carbocycles. The molecule has 7 heteroatoms. The van der Waals surface area contributed by atoms with Crippen LogP contribution in [0.5, 0.6) is 0 Å². The van der Waals surface area contributed by atoms with Gasteiger partial charge < -0.3 is 20.0 Å². The Morgan fingerprint density at radius 3 is 2.89 bits per heavy atom. The van der Waals surface area contributed by atoms with Gasteiger partial charge in [0.2, 0.25) is 0 Å². The molecule has 0 amide bonds. The van der Waals surface area contributed by atoms with Crippen LogP contribution in [0.15, 0.2) is 6.07 Å². The quantitative estimate of drug-likeness (QED) is 0.589. The molecular formula is C12H22N6O. The number of anilines is 2. The first-order valence-corrected chi connectivity index (χ1v) is 6.50. The number of ether oxygens (including phenoxy) is 1. The van der Waals surface area contributed by atoms with E-state index < -0.39 is 0 Å². The first-order valence-electron chi connectivity index (χ1n) is 6.50. The zero-order valence-electron chi connectivity index (χ0n) is 11.6. The molecule has 0 atom stereocenters. The summed E-state index contributed by atoms with van der Waals surface area (Å²) in [5.74, 6) is 7.63. The van der Waals surface area contributed by atoms with Gasteiger partial charge in [-0.2, -0.15) is 0 Å². The third-order valence-corrected chi connectivity index (χ3v) is 3.22. The molecule has 1 aromatic rings. The molecule has 0 saturated carbocycles. The molecule has 1 aliphatic heterocycles. The predicted octanol–water partition coefficient (Wildman–Crippen LogP) is 0.0505. The van der Waals surface area contributed by atoms with Crippen molar-refractivity contribution >= 4 is 11.6 Å². The second kappa shape index (κ2) is 6.65. The Balaban J connectivity index is 2.19. The molecule has 1 saturated heterocycles. The SMILES string of the molecule is COCc1nc(NN)cc(N2CCCN(C)CC2)n1. The zero-order chi connectivity index (χ0) is 13.7. The monoisotopic (exact) mass is 266 g/mol. The molecule has 0 bridgehead atoms. The minimum atomic E-state index is 0.385. The third kappa shape index (κ3) is 3.76. The van der Waals surface area contributed by atoms with Gasteiger partial charge in [-0.15, -0.1) is 0 Å². The van der Waals surface area contributed by atoms with Crippen molar-refractivity contribution in [1.82, 2.24) is 14.9 Å². The van der Waals surface area contributed by atoms with Gasteiger partial charge in [-0.3, -0.25) is 0 Å². The number of hydrazine groups is 1. The smallest absolute Gasteiger partial charge is 0.158 e. The fourth-order valence-electron chi connectivity index (χ4n) is 2.19. The van der Waals surface area contributed by atoms with Crippen molar-refractivity contribution in [2.75, 3.05) is 50.7 Å². The Labute approximate surface area is 113 Å². The average Bonchev–Trinajstić information content (AvgIpc) is 2.63. The lowest BCUT2D eigenvalue weighted by Gasteiger charge is -2.22. The maximum Gasteiger partial charge on any atom is 0.158 e. The molecule has 0 unspecified atom stereocenters. The molecule has 1 aromatic heterocycles. The summed E-state index contributed by atoms with van der Waals surface area (Å²) in [6.07, 6.45) is 1.13. The van der Waals surface area contributed by atoms with Crippen LogP contribution >= 0.6 is 0 Å². The van der Waals surface area contributed by atoms with Gasteiger partial charge in [-0.1, -0.05) is 0 Å². The van der Waals surface area contributed by atoms with E-state index in [2.05, 4.69) is 32.2 Å². The highest BCUT2D eigenvalue weighted by Gasteiger charge is 2.15. The number of hydrogen-bond donors (Lipinski definition) is 2. The molecule has 0 spiro atoms. The molecule has 2 rings (SSSR count). The Kier molecular flexibility index (Phi) is 4.89. The number of likely N-dealkylation sites (N-methyl/N-ethyl adjacent to an activating group) is 1. The standard InChI is InChI=1S/C12H22N6O/c1-17-4-3-5-18(7-6-17)12-8-10(16-13)14-11(15-12)9-19-2/h8H,3-7,9,13H2,1-2H3,(H,14,15,16). The van der Waals surface area contributed by atoms with Crippen molar-refractivity contribution in [3.8, 4) is 0 Å². The number of hydrogen-bond acceptors (Lipinski definition) is 7. The lowest BCUT2D eigenvalue weighted by molar-refractivity contribution is 0.178. The summed E-state index contributed by atoms with van der Waals surface area (Å²) in [5.41, 5.74) is 2.59. The van der Waals surface area contributed by atoms with E-state index in [1.165, 1.54) is 0 Å². The third-order valence-electron chi connectivity index (χ3n) is 3.22. The van der Waals surface area contributed by atoms with Crippen LogP contribution in [-0.4, -0.2) is 55.2 Å². The first-order chi connectivity index (χ1) is 9.22. The number of nitrogens with zero attached hydrogens (tertiary/aromatic N) is 4. The van der Waals surface area contributed by atoms with Crippen LogP contribution in [0.25, 0.3) is 0 Å². The highest BCUT2D eigenvalue weighted by atomic mass is 16.5. The lowest BCUT2D eigenvalue weighted by atomic mass is 10.3. The molecule has 0 radical (unpaired) electrons. The van der Waals surface area contributed by atoms with E-state index in [1.54, 1.807) is 7.11 Å². The molecule has 7 nitrogen and oxygen atoms in total. The second-order valence-electron chi connectivity index (χ2n) is 4.75. The normalized spacial score (nSPS) is 17.3. The van der Waals surface area contributed by atoms with Crippen LogP contribution in [0.4, 0.5) is 11.6 Å². The van der Waals surface area contributed by atoms with Gasteiger partial charge in [-0.25, -0.2) is 15.8 Å². The molecule has 19 heavy (non-hydrogen) atoms. The number of methoxy groups -OCH3 is 1. The van der Waals surface area contributed by atoms with Crippen molar-refractivity contribution in [3.63, 3.8) is 0 Å². The van der Waals surface area contributed by atoms with Gasteiger partial charge in [0, 0.05) is 32.8 Å². The van der Waals surface area contributed by atoms with Crippen molar-refractivity contribution < 1.29 is 4.74 Å². The molecule has 1 aliphatic rings. The van der Waals surface area contributed by atoms with E-state index in [0.717, 1.165) is 38.4 Å². The topological polar surface area (TPSA) is 79.5 Å². The maximum absolute atomic E-state index is 5.46. The summed E-state index contributed by atoms with van der Waals surface area (Å²) in [6, 6.07) is 1.88. The largest absolute Gasteiger partial charge is 0.377 e. The van der Waals surface area contributed by atoms with E-state index in [4.69, 9.17) is 10.6 Å². The lowest BCUT2D eigenvalue weighted by Crippen LogP contribution is -2.30. The first kappa shape index (κ1) is 14.0. The van der Waals surface area contributed by atoms with Crippen molar-refractivity contribution in [2.45, 2.75) is 13.0 Å². The fraction of sp³-hybridized carbons (Fsp3) is 0.667. The maximum atomic E-state index is 5.46. The number of nitrogen functional groups attached to an aromatic ring is 1. The van der Waals surface area contributed by atoms with E-state index >= 15 is 0 Å². The zero-order valence-corrected chi connectivity index (χ0v) is 11.6. The summed E-state index contributed by atoms with van der Waals surface area (Å²) in [5, 5.41) is 0. The number of aromatic nitrogens is 2. The average molecular weight is 266 g/mol. The van der Waals surface area contributed by atoms with Crippen molar-refractivity contribution in [1.29, 1.82) is 0 Å². The molecule has 106 valence electrons. The van der Waals surface area contributed by atoms with Gasteiger partial charge in [-0.05, 0) is 20.0 Å². The summed E-state index contributed by atoms with van der Waals surface area (Å²) in [7, 11) is 3.78. The minimum absolute atomic E-state index is 0.385. The van der Waals surface area contributed by atoms with Crippen LogP contribution in [0.1, 0.15) is 12.2 Å². The Bertz CT molecular complexity index is 413. The van der Waals surface area contributed by atoms with E-state index in [9.17, 15) is 0 Å². The Hall–Kier alpha value is -1.44. The van der Waals surface area contributed by atoms with Gasteiger partial charge >= 0.3 is 0 Å². The van der Waals surface area contributed by atoms with Crippen LogP contribution in [-0.2, 0) is 11.3 Å². The summed E-state index contributed by atoms with van der Waals surface area (Å²) >= 11 is 0. The molecule has 0 aromatic carbocycles. The predicted molar refractivity (Wildman–Crippen MR) is 74.9 cm³/mol. The van der Waals surface area contributed by atoms with Gasteiger partial charge in [0.05, 0.1) is 0 Å². The van der Waals surface area contributed by atoms with Gasteiger partial charge in [0.15, 0.2) is 5.82 Å². The molecular weight excluding hydrogens is 244 g/mol. The van der Waals surface area contributed by atoms with E-state index in [0.29, 0.717) is 18.2 Å². The molecule has 2 heterocycles. The van der Waals surface area contributed by atoms with Crippen LogP contribution < -0.4 is 16.2 Å². The Morgan fingerprint density at radius 1 is 1.32 bits per heavy atom.